The summed E-state index contributed by atoms with van der Waals surface area (Å²) >= 11 is 3.48. The van der Waals surface area contributed by atoms with Crippen LogP contribution < -0.4 is 19.9 Å². The van der Waals surface area contributed by atoms with Gasteiger partial charge in [-0.3, -0.25) is 0 Å². The fourth-order valence-electron chi connectivity index (χ4n) is 2.88. The molecule has 27 heavy (non-hydrogen) atoms. The molecule has 2 heterocycles. The number of pyridine rings is 1. The van der Waals surface area contributed by atoms with Crippen LogP contribution in [-0.4, -0.2) is 12.1 Å². The van der Waals surface area contributed by atoms with Gasteiger partial charge < -0.3 is 19.9 Å². The second kappa shape index (κ2) is 6.82. The van der Waals surface area contributed by atoms with Crippen molar-refractivity contribution in [2.24, 2.45) is 5.73 Å². The number of hydrogen-bond donors (Lipinski definition) is 1. The van der Waals surface area contributed by atoms with E-state index in [9.17, 15) is 5.26 Å². The highest BCUT2D eigenvalue weighted by Crippen LogP contribution is 2.42. The van der Waals surface area contributed by atoms with Gasteiger partial charge in [0.15, 0.2) is 0 Å². The van der Waals surface area contributed by atoms with Gasteiger partial charge in [-0.05, 0) is 46.3 Å². The summed E-state index contributed by atoms with van der Waals surface area (Å²) in [6, 6.07) is 15.0. The van der Waals surface area contributed by atoms with Crippen molar-refractivity contribution in [3.63, 3.8) is 0 Å². The van der Waals surface area contributed by atoms with Gasteiger partial charge in [0.2, 0.25) is 11.8 Å². The average Bonchev–Trinajstić information content (AvgIpc) is 2.69. The van der Waals surface area contributed by atoms with Crippen LogP contribution in [0.4, 0.5) is 0 Å². The molecule has 0 fully saturated rings. The molecular weight excluding hydrogens is 410 g/mol. The lowest BCUT2D eigenvalue weighted by Gasteiger charge is -2.22. The summed E-state index contributed by atoms with van der Waals surface area (Å²) in [5.41, 5.74) is 7.65. The van der Waals surface area contributed by atoms with Gasteiger partial charge in [0.05, 0.1) is 28.2 Å². The van der Waals surface area contributed by atoms with Crippen LogP contribution in [0.2, 0.25) is 0 Å². The molecule has 0 saturated carbocycles. The number of rotatable bonds is 3. The fourth-order valence-corrected chi connectivity index (χ4v) is 3.32. The van der Waals surface area contributed by atoms with Gasteiger partial charge in [-0.25, -0.2) is 4.98 Å². The van der Waals surface area contributed by atoms with Crippen molar-refractivity contribution in [2.75, 3.05) is 7.11 Å². The van der Waals surface area contributed by atoms with Gasteiger partial charge in [-0.15, -0.1) is 0 Å². The molecule has 4 rings (SSSR count). The number of para-hydroxylation sites is 1. The Kier molecular flexibility index (Phi) is 4.34. The maximum atomic E-state index is 9.33. The monoisotopic (exact) mass is 423 g/mol. The van der Waals surface area contributed by atoms with Crippen LogP contribution >= 0.6 is 15.9 Å². The first-order valence-corrected chi connectivity index (χ1v) is 8.89. The van der Waals surface area contributed by atoms with E-state index in [2.05, 4.69) is 27.0 Å². The highest BCUT2D eigenvalue weighted by molar-refractivity contribution is 9.10. The molecule has 0 bridgehead atoms. The van der Waals surface area contributed by atoms with Crippen molar-refractivity contribution in [2.45, 2.75) is 6.42 Å². The Labute approximate surface area is 163 Å². The summed E-state index contributed by atoms with van der Waals surface area (Å²) < 4.78 is 17.8. The largest absolute Gasteiger partial charge is 0.497 e. The molecular formula is C20H14BrN3O3. The topological polar surface area (TPSA) is 90.4 Å². The number of nitrogens with two attached hydrogens (primary N) is 1. The van der Waals surface area contributed by atoms with Crippen molar-refractivity contribution in [1.82, 2.24) is 4.98 Å². The first-order valence-electron chi connectivity index (χ1n) is 8.10. The maximum absolute atomic E-state index is 9.33. The lowest BCUT2D eigenvalue weighted by atomic mass is 10.0. The average molecular weight is 424 g/mol. The Morgan fingerprint density at radius 1 is 1.26 bits per heavy atom. The Bertz CT molecular complexity index is 1140. The molecule has 0 radical (unpaired) electrons. The standard InChI is InChI=1S/C20H14BrN3O3/c1-25-12-6-7-17(15(21)9-12)26-20-14-8-11(10-22)19(23)27-18(14)13-4-2-3-5-16(13)24-20/h2-7,9H,8,23H2,1H3. The van der Waals surface area contributed by atoms with Gasteiger partial charge in [0, 0.05) is 11.8 Å². The Morgan fingerprint density at radius 3 is 2.81 bits per heavy atom. The molecule has 1 aliphatic heterocycles. The normalized spacial score (nSPS) is 12.9. The zero-order valence-corrected chi connectivity index (χ0v) is 15.9. The van der Waals surface area contributed by atoms with Crippen LogP contribution in [0.1, 0.15) is 5.56 Å². The summed E-state index contributed by atoms with van der Waals surface area (Å²) in [5, 5.41) is 10.1. The third kappa shape index (κ3) is 3.04. The molecule has 0 unspecified atom stereocenters. The summed E-state index contributed by atoms with van der Waals surface area (Å²) in [7, 11) is 1.60. The zero-order valence-electron chi connectivity index (χ0n) is 14.3. The zero-order chi connectivity index (χ0) is 19.0. The highest BCUT2D eigenvalue weighted by Gasteiger charge is 2.26. The minimum absolute atomic E-state index is 0.109. The van der Waals surface area contributed by atoms with E-state index in [0.29, 0.717) is 46.2 Å². The van der Waals surface area contributed by atoms with E-state index in [0.717, 1.165) is 9.86 Å². The number of nitrogens with zero attached hydrogens (tertiary/aromatic N) is 2. The van der Waals surface area contributed by atoms with E-state index >= 15 is 0 Å². The van der Waals surface area contributed by atoms with E-state index in [1.807, 2.05) is 24.3 Å². The van der Waals surface area contributed by atoms with Crippen LogP contribution in [0.5, 0.6) is 23.1 Å². The number of methoxy groups -OCH3 is 1. The fraction of sp³-hybridized carbons (Fsp3) is 0.100. The lowest BCUT2D eigenvalue weighted by Crippen LogP contribution is -2.17. The van der Waals surface area contributed by atoms with Crippen molar-refractivity contribution < 1.29 is 14.2 Å². The van der Waals surface area contributed by atoms with Crippen LogP contribution in [0, 0.1) is 11.3 Å². The number of halogens is 1. The number of hydrogen-bond acceptors (Lipinski definition) is 6. The van der Waals surface area contributed by atoms with E-state index < -0.39 is 0 Å². The molecule has 2 N–H and O–H groups in total. The summed E-state index contributed by atoms with van der Waals surface area (Å²) in [6.45, 7) is 0. The highest BCUT2D eigenvalue weighted by atomic mass is 79.9. The van der Waals surface area contributed by atoms with Gasteiger partial charge in [-0.2, -0.15) is 5.26 Å². The van der Waals surface area contributed by atoms with Crippen molar-refractivity contribution in [1.29, 1.82) is 5.26 Å². The summed E-state index contributed by atoms with van der Waals surface area (Å²) in [5.74, 6) is 2.32. The molecule has 7 heteroatoms. The SMILES string of the molecule is COc1ccc(Oc2nc3ccccc3c3c2CC(C#N)=C(N)O3)c(Br)c1. The van der Waals surface area contributed by atoms with Crippen molar-refractivity contribution in [3.05, 3.63) is 64.0 Å². The molecule has 134 valence electrons. The molecule has 3 aromatic rings. The molecule has 0 atom stereocenters. The van der Waals surface area contributed by atoms with Crippen LogP contribution in [0.3, 0.4) is 0 Å². The van der Waals surface area contributed by atoms with Gasteiger partial charge in [0.25, 0.3) is 0 Å². The summed E-state index contributed by atoms with van der Waals surface area (Å²) in [6.07, 6.45) is 0.290. The lowest BCUT2D eigenvalue weighted by molar-refractivity contribution is 0.390. The summed E-state index contributed by atoms with van der Waals surface area (Å²) in [4.78, 5) is 4.63. The number of fused-ring (bicyclic) bond motifs is 3. The predicted octanol–water partition coefficient (Wildman–Crippen LogP) is 4.43. The van der Waals surface area contributed by atoms with E-state index in [4.69, 9.17) is 19.9 Å². The van der Waals surface area contributed by atoms with Crippen LogP contribution in [0.25, 0.3) is 10.9 Å². The number of benzene rings is 2. The number of allylic oxidation sites excluding steroid dienone is 1. The Morgan fingerprint density at radius 2 is 2.07 bits per heavy atom. The maximum Gasteiger partial charge on any atom is 0.227 e. The Balaban J connectivity index is 1.86. The predicted molar refractivity (Wildman–Crippen MR) is 104 cm³/mol. The third-order valence-electron chi connectivity index (χ3n) is 4.25. The molecule has 0 spiro atoms. The molecule has 1 aromatic heterocycles. The van der Waals surface area contributed by atoms with Gasteiger partial charge in [0.1, 0.15) is 23.3 Å². The molecule has 0 amide bonds. The third-order valence-corrected chi connectivity index (χ3v) is 4.87. The van der Waals surface area contributed by atoms with Crippen LogP contribution in [-0.2, 0) is 6.42 Å². The minimum atomic E-state index is 0.109. The van der Waals surface area contributed by atoms with E-state index in [-0.39, 0.29) is 5.88 Å². The number of ether oxygens (including phenoxy) is 3. The second-order valence-corrected chi connectivity index (χ2v) is 6.73. The minimum Gasteiger partial charge on any atom is -0.497 e. The smallest absolute Gasteiger partial charge is 0.227 e. The first-order chi connectivity index (χ1) is 13.1. The Hall–Kier alpha value is -3.24. The molecule has 1 aliphatic rings. The van der Waals surface area contributed by atoms with E-state index in [1.165, 1.54) is 0 Å². The molecule has 0 saturated heterocycles. The molecule has 2 aromatic carbocycles. The quantitative estimate of drug-likeness (QED) is 0.669. The van der Waals surface area contributed by atoms with E-state index in [1.54, 1.807) is 25.3 Å². The molecule has 0 aliphatic carbocycles. The van der Waals surface area contributed by atoms with Gasteiger partial charge in [-0.1, -0.05) is 12.1 Å². The number of aromatic nitrogens is 1. The van der Waals surface area contributed by atoms with Crippen LogP contribution in [0.15, 0.2) is 58.4 Å². The van der Waals surface area contributed by atoms with Gasteiger partial charge >= 0.3 is 0 Å². The number of nitriles is 1. The second-order valence-electron chi connectivity index (χ2n) is 5.87. The first kappa shape index (κ1) is 17.2. The van der Waals surface area contributed by atoms with Crippen molar-refractivity contribution >= 4 is 26.8 Å². The van der Waals surface area contributed by atoms with Crippen molar-refractivity contribution in [3.8, 4) is 29.2 Å². The molecule has 6 nitrogen and oxygen atoms in total.